The molecule has 1 unspecified atom stereocenters. The van der Waals surface area contributed by atoms with E-state index in [2.05, 4.69) is 32.9 Å². The molecular weight excluding hydrogens is 287 g/mol. The van der Waals surface area contributed by atoms with Gasteiger partial charge in [-0.3, -0.25) is 0 Å². The molecule has 0 radical (unpaired) electrons. The van der Waals surface area contributed by atoms with Gasteiger partial charge in [0.1, 0.15) is 5.82 Å². The van der Waals surface area contributed by atoms with Crippen LogP contribution in [-0.2, 0) is 11.8 Å². The maximum Gasteiger partial charge on any atom is 0.125 e. The number of benzene rings is 2. The first-order valence-corrected chi connectivity index (χ1v) is 7.37. The normalized spacial score (nSPS) is 13.2. The van der Waals surface area contributed by atoms with Crippen molar-refractivity contribution < 1.29 is 9.50 Å². The van der Waals surface area contributed by atoms with E-state index in [1.807, 2.05) is 12.1 Å². The highest BCUT2D eigenvalue weighted by Gasteiger charge is 2.14. The molecule has 21 heavy (non-hydrogen) atoms. The van der Waals surface area contributed by atoms with Gasteiger partial charge in [0.25, 0.3) is 0 Å². The zero-order chi connectivity index (χ0) is 15.6. The van der Waals surface area contributed by atoms with Gasteiger partial charge < -0.3 is 5.11 Å². The molecule has 0 fully saturated rings. The van der Waals surface area contributed by atoms with Crippen molar-refractivity contribution in [2.45, 2.75) is 38.7 Å². The maximum atomic E-state index is 13.3. The highest BCUT2D eigenvalue weighted by atomic mass is 35.5. The van der Waals surface area contributed by atoms with Crippen molar-refractivity contribution in [2.24, 2.45) is 0 Å². The monoisotopic (exact) mass is 306 g/mol. The lowest BCUT2D eigenvalue weighted by atomic mass is 9.86. The van der Waals surface area contributed by atoms with Crippen LogP contribution < -0.4 is 0 Å². The number of aliphatic hydroxyl groups excluding tert-OH is 1. The standard InChI is InChI=1S/C18H20ClFO/c1-18(2,3)14-6-4-12(5-7-14)8-17(21)13-9-15(19)11-16(20)10-13/h4-7,9-11,17,21H,8H2,1-3H3. The van der Waals surface area contributed by atoms with Gasteiger partial charge in [-0.2, -0.15) is 0 Å². The number of hydrogen-bond donors (Lipinski definition) is 1. The molecule has 1 atom stereocenters. The number of rotatable bonds is 3. The summed E-state index contributed by atoms with van der Waals surface area (Å²) in [7, 11) is 0. The van der Waals surface area contributed by atoms with Crippen LogP contribution in [0.4, 0.5) is 4.39 Å². The smallest absolute Gasteiger partial charge is 0.125 e. The van der Waals surface area contributed by atoms with Crippen LogP contribution in [0.5, 0.6) is 0 Å². The average molecular weight is 307 g/mol. The van der Waals surface area contributed by atoms with Crippen LogP contribution in [0.25, 0.3) is 0 Å². The Morgan fingerprint density at radius 3 is 2.24 bits per heavy atom. The Balaban J connectivity index is 2.14. The predicted octanol–water partition coefficient (Wildman–Crippen LogP) is 5.05. The van der Waals surface area contributed by atoms with Gasteiger partial charge in [0.15, 0.2) is 0 Å². The molecule has 112 valence electrons. The Labute approximate surface area is 130 Å². The summed E-state index contributed by atoms with van der Waals surface area (Å²) in [4.78, 5) is 0. The summed E-state index contributed by atoms with van der Waals surface area (Å²) < 4.78 is 13.3. The molecule has 0 spiro atoms. The third-order valence-corrected chi connectivity index (χ3v) is 3.74. The zero-order valence-corrected chi connectivity index (χ0v) is 13.3. The van der Waals surface area contributed by atoms with Crippen molar-refractivity contribution in [3.63, 3.8) is 0 Å². The van der Waals surface area contributed by atoms with Crippen molar-refractivity contribution >= 4 is 11.6 Å². The summed E-state index contributed by atoms with van der Waals surface area (Å²) in [5, 5.41) is 10.5. The largest absolute Gasteiger partial charge is 0.388 e. The van der Waals surface area contributed by atoms with Gasteiger partial charge in [-0.05, 0) is 40.3 Å². The van der Waals surface area contributed by atoms with E-state index in [1.165, 1.54) is 17.7 Å². The SMILES string of the molecule is CC(C)(C)c1ccc(CC(O)c2cc(F)cc(Cl)c2)cc1. The molecule has 0 heterocycles. The van der Waals surface area contributed by atoms with E-state index < -0.39 is 11.9 Å². The molecule has 0 saturated carbocycles. The third kappa shape index (κ3) is 4.29. The van der Waals surface area contributed by atoms with Crippen LogP contribution in [0.3, 0.4) is 0 Å². The summed E-state index contributed by atoms with van der Waals surface area (Å²) in [5.41, 5.74) is 2.86. The van der Waals surface area contributed by atoms with Crippen molar-refractivity contribution in [3.05, 3.63) is 70.0 Å². The Hall–Kier alpha value is -1.38. The van der Waals surface area contributed by atoms with Crippen LogP contribution in [-0.4, -0.2) is 5.11 Å². The second-order valence-corrected chi connectivity index (χ2v) is 6.81. The van der Waals surface area contributed by atoms with Crippen LogP contribution >= 0.6 is 11.6 Å². The molecule has 0 bridgehead atoms. The predicted molar refractivity (Wildman–Crippen MR) is 85.2 cm³/mol. The molecule has 0 aromatic heterocycles. The lowest BCUT2D eigenvalue weighted by Crippen LogP contribution is -2.11. The van der Waals surface area contributed by atoms with Gasteiger partial charge in [-0.25, -0.2) is 4.39 Å². The van der Waals surface area contributed by atoms with E-state index in [4.69, 9.17) is 11.6 Å². The summed E-state index contributed by atoms with van der Waals surface area (Å²) in [6.45, 7) is 6.47. The van der Waals surface area contributed by atoms with Crippen LogP contribution in [0.1, 0.15) is 43.6 Å². The summed E-state index contributed by atoms with van der Waals surface area (Å²) in [6.07, 6.45) is -0.330. The van der Waals surface area contributed by atoms with E-state index in [0.717, 1.165) is 5.56 Å². The van der Waals surface area contributed by atoms with E-state index in [-0.39, 0.29) is 5.41 Å². The molecular formula is C18H20ClFO. The lowest BCUT2D eigenvalue weighted by molar-refractivity contribution is 0.178. The fraction of sp³-hybridized carbons (Fsp3) is 0.333. The van der Waals surface area contributed by atoms with E-state index >= 15 is 0 Å². The Bertz CT molecular complexity index is 594. The second-order valence-electron chi connectivity index (χ2n) is 6.37. The molecule has 0 aliphatic heterocycles. The zero-order valence-electron chi connectivity index (χ0n) is 12.5. The molecule has 1 nitrogen and oxygen atoms in total. The molecule has 2 aromatic carbocycles. The molecule has 0 amide bonds. The van der Waals surface area contributed by atoms with Gasteiger partial charge in [-0.1, -0.05) is 56.6 Å². The first-order valence-electron chi connectivity index (χ1n) is 6.99. The molecule has 0 aliphatic carbocycles. The molecule has 0 saturated heterocycles. The topological polar surface area (TPSA) is 20.2 Å². The second kappa shape index (κ2) is 6.17. The van der Waals surface area contributed by atoms with Crippen LogP contribution in [0, 0.1) is 5.82 Å². The minimum atomic E-state index is -0.765. The van der Waals surface area contributed by atoms with Gasteiger partial charge in [-0.15, -0.1) is 0 Å². The summed E-state index contributed by atoms with van der Waals surface area (Å²) >= 11 is 5.82. The first kappa shape index (κ1) is 16.0. The highest BCUT2D eigenvalue weighted by molar-refractivity contribution is 6.30. The minimum absolute atomic E-state index is 0.104. The number of aliphatic hydroxyl groups is 1. The fourth-order valence-corrected chi connectivity index (χ4v) is 2.48. The molecule has 2 rings (SSSR count). The van der Waals surface area contributed by atoms with E-state index in [1.54, 1.807) is 6.07 Å². The lowest BCUT2D eigenvalue weighted by Gasteiger charge is -2.19. The Morgan fingerprint density at radius 2 is 1.71 bits per heavy atom. The van der Waals surface area contributed by atoms with E-state index in [9.17, 15) is 9.50 Å². The average Bonchev–Trinajstić information content (AvgIpc) is 2.37. The molecule has 2 aromatic rings. The summed E-state index contributed by atoms with van der Waals surface area (Å²) in [5.74, 6) is -0.431. The number of hydrogen-bond acceptors (Lipinski definition) is 1. The quantitative estimate of drug-likeness (QED) is 0.841. The minimum Gasteiger partial charge on any atom is -0.388 e. The first-order chi connectivity index (χ1) is 9.75. The van der Waals surface area contributed by atoms with Crippen molar-refractivity contribution in [3.8, 4) is 0 Å². The molecule has 1 N–H and O–H groups in total. The van der Waals surface area contributed by atoms with Crippen molar-refractivity contribution in [2.75, 3.05) is 0 Å². The Morgan fingerprint density at radius 1 is 1.10 bits per heavy atom. The molecule has 0 aliphatic rings. The molecule has 3 heteroatoms. The van der Waals surface area contributed by atoms with Crippen molar-refractivity contribution in [1.29, 1.82) is 0 Å². The summed E-state index contributed by atoms with van der Waals surface area (Å²) in [6, 6.07) is 12.3. The van der Waals surface area contributed by atoms with Crippen molar-refractivity contribution in [1.82, 2.24) is 0 Å². The van der Waals surface area contributed by atoms with Gasteiger partial charge in [0, 0.05) is 11.4 Å². The van der Waals surface area contributed by atoms with Gasteiger partial charge >= 0.3 is 0 Å². The van der Waals surface area contributed by atoms with Crippen LogP contribution in [0.2, 0.25) is 5.02 Å². The Kier molecular flexibility index (Phi) is 4.70. The fourth-order valence-electron chi connectivity index (χ4n) is 2.25. The number of halogens is 2. The maximum absolute atomic E-state index is 13.3. The van der Waals surface area contributed by atoms with E-state index in [0.29, 0.717) is 17.0 Å². The highest BCUT2D eigenvalue weighted by Crippen LogP contribution is 2.25. The van der Waals surface area contributed by atoms with Gasteiger partial charge in [0.2, 0.25) is 0 Å². The van der Waals surface area contributed by atoms with Gasteiger partial charge in [0.05, 0.1) is 6.10 Å². The third-order valence-electron chi connectivity index (χ3n) is 3.52. The van der Waals surface area contributed by atoms with Crippen LogP contribution in [0.15, 0.2) is 42.5 Å².